The van der Waals surface area contributed by atoms with Crippen LogP contribution in [-0.4, -0.2) is 43.5 Å². The largest absolute Gasteiger partial charge is 0.325 e. The quantitative estimate of drug-likeness (QED) is 0.872. The van der Waals surface area contributed by atoms with Crippen LogP contribution in [0.3, 0.4) is 0 Å². The fraction of sp³-hybridized carbons (Fsp3) is 0.562. The first kappa shape index (κ1) is 13.6. The molecule has 1 heterocycles. The highest BCUT2D eigenvalue weighted by atomic mass is 16.2. The zero-order valence-corrected chi connectivity index (χ0v) is 12.1. The molecular formula is C16H23N3O. The average molecular weight is 273 g/mol. The van der Waals surface area contributed by atoms with Crippen molar-refractivity contribution in [1.82, 2.24) is 10.2 Å². The Morgan fingerprint density at radius 3 is 3.05 bits per heavy atom. The van der Waals surface area contributed by atoms with Crippen molar-refractivity contribution in [2.75, 3.05) is 32.0 Å². The van der Waals surface area contributed by atoms with Crippen LogP contribution in [0.15, 0.2) is 18.2 Å². The van der Waals surface area contributed by atoms with E-state index < -0.39 is 0 Å². The minimum Gasteiger partial charge on any atom is -0.325 e. The highest BCUT2D eigenvalue weighted by Gasteiger charge is 2.21. The number of nitrogens with one attached hydrogen (secondary N) is 2. The molecule has 3 rings (SSSR count). The third kappa shape index (κ3) is 3.02. The Kier molecular flexibility index (Phi) is 4.03. The molecule has 20 heavy (non-hydrogen) atoms. The number of fused-ring (bicyclic) bond motifs is 1. The van der Waals surface area contributed by atoms with E-state index in [9.17, 15) is 4.79 Å². The SMILES string of the molecule is CN(CC(=O)Nc1ccc2c(c1)CCC2)C1CCNC1. The molecule has 0 saturated carbocycles. The van der Waals surface area contributed by atoms with Crippen LogP contribution < -0.4 is 10.6 Å². The molecular weight excluding hydrogens is 250 g/mol. The lowest BCUT2D eigenvalue weighted by Gasteiger charge is -2.22. The van der Waals surface area contributed by atoms with E-state index in [1.54, 1.807) is 0 Å². The standard InChI is InChI=1S/C16H23N3O/c1-19(15-7-8-17-10-15)11-16(20)18-14-6-5-12-3-2-4-13(12)9-14/h5-6,9,15,17H,2-4,7-8,10-11H2,1H3,(H,18,20). The molecule has 4 heteroatoms. The number of aryl methyl sites for hydroxylation is 2. The van der Waals surface area contributed by atoms with Crippen LogP contribution in [0.4, 0.5) is 5.69 Å². The van der Waals surface area contributed by atoms with Gasteiger partial charge in [-0.3, -0.25) is 9.69 Å². The highest BCUT2D eigenvalue weighted by Crippen LogP contribution is 2.24. The van der Waals surface area contributed by atoms with Crippen molar-refractivity contribution in [1.29, 1.82) is 0 Å². The van der Waals surface area contributed by atoms with Gasteiger partial charge in [-0.1, -0.05) is 6.07 Å². The van der Waals surface area contributed by atoms with Gasteiger partial charge in [0, 0.05) is 18.3 Å². The first-order chi connectivity index (χ1) is 9.72. The number of anilines is 1. The summed E-state index contributed by atoms with van der Waals surface area (Å²) in [5, 5.41) is 6.36. The third-order valence-corrected chi connectivity index (χ3v) is 4.43. The molecule has 0 bridgehead atoms. The maximum atomic E-state index is 12.1. The molecule has 1 aromatic rings. The fourth-order valence-corrected chi connectivity index (χ4v) is 3.22. The molecule has 1 saturated heterocycles. The van der Waals surface area contributed by atoms with Gasteiger partial charge < -0.3 is 10.6 Å². The lowest BCUT2D eigenvalue weighted by atomic mass is 10.1. The Morgan fingerprint density at radius 2 is 2.25 bits per heavy atom. The minimum absolute atomic E-state index is 0.0809. The van der Waals surface area contributed by atoms with Crippen molar-refractivity contribution >= 4 is 11.6 Å². The zero-order chi connectivity index (χ0) is 13.9. The number of rotatable bonds is 4. The van der Waals surface area contributed by atoms with Gasteiger partial charge in [0.25, 0.3) is 0 Å². The van der Waals surface area contributed by atoms with Crippen LogP contribution in [0.2, 0.25) is 0 Å². The van der Waals surface area contributed by atoms with E-state index in [0.29, 0.717) is 12.6 Å². The third-order valence-electron chi connectivity index (χ3n) is 4.43. The molecule has 0 spiro atoms. The predicted octanol–water partition coefficient (Wildman–Crippen LogP) is 1.41. The first-order valence-corrected chi connectivity index (χ1v) is 7.55. The molecule has 1 aromatic carbocycles. The molecule has 4 nitrogen and oxygen atoms in total. The van der Waals surface area contributed by atoms with Crippen molar-refractivity contribution in [2.24, 2.45) is 0 Å². The number of hydrogen-bond donors (Lipinski definition) is 2. The summed E-state index contributed by atoms with van der Waals surface area (Å²) < 4.78 is 0. The number of benzene rings is 1. The second-order valence-electron chi connectivity index (χ2n) is 5.95. The molecule has 108 valence electrons. The molecule has 1 aliphatic heterocycles. The number of carbonyl (C=O) groups is 1. The molecule has 1 atom stereocenters. The maximum absolute atomic E-state index is 12.1. The molecule has 2 aliphatic rings. The smallest absolute Gasteiger partial charge is 0.238 e. The molecule has 0 radical (unpaired) electrons. The van der Waals surface area contributed by atoms with Gasteiger partial charge in [-0.15, -0.1) is 0 Å². The average Bonchev–Trinajstić information content (AvgIpc) is 3.09. The summed E-state index contributed by atoms with van der Waals surface area (Å²) in [6, 6.07) is 6.81. The van der Waals surface area contributed by atoms with Crippen LogP contribution >= 0.6 is 0 Å². The number of carbonyl (C=O) groups excluding carboxylic acids is 1. The summed E-state index contributed by atoms with van der Waals surface area (Å²) in [6.45, 7) is 2.51. The summed E-state index contributed by atoms with van der Waals surface area (Å²) in [6.07, 6.45) is 4.69. The van der Waals surface area contributed by atoms with Crippen LogP contribution in [0.1, 0.15) is 24.0 Å². The summed E-state index contributed by atoms with van der Waals surface area (Å²) >= 11 is 0. The van der Waals surface area contributed by atoms with E-state index in [0.717, 1.165) is 31.6 Å². The summed E-state index contributed by atoms with van der Waals surface area (Å²) in [7, 11) is 2.03. The van der Waals surface area contributed by atoms with Crippen LogP contribution in [-0.2, 0) is 17.6 Å². The van der Waals surface area contributed by atoms with Crippen molar-refractivity contribution in [3.8, 4) is 0 Å². The second kappa shape index (κ2) is 5.94. The van der Waals surface area contributed by atoms with Crippen molar-refractivity contribution in [3.63, 3.8) is 0 Å². The van der Waals surface area contributed by atoms with E-state index in [-0.39, 0.29) is 5.91 Å². The normalized spacial score (nSPS) is 21.2. The Bertz CT molecular complexity index is 494. The van der Waals surface area contributed by atoms with Gasteiger partial charge in [0.2, 0.25) is 5.91 Å². The molecule has 1 unspecified atom stereocenters. The predicted molar refractivity (Wildman–Crippen MR) is 81.0 cm³/mol. The maximum Gasteiger partial charge on any atom is 0.238 e. The second-order valence-corrected chi connectivity index (χ2v) is 5.95. The molecule has 2 N–H and O–H groups in total. The van der Waals surface area contributed by atoms with Crippen LogP contribution in [0.5, 0.6) is 0 Å². The first-order valence-electron chi connectivity index (χ1n) is 7.55. The monoisotopic (exact) mass is 273 g/mol. The highest BCUT2D eigenvalue weighted by molar-refractivity contribution is 5.92. The topological polar surface area (TPSA) is 44.4 Å². The Labute approximate surface area is 120 Å². The fourth-order valence-electron chi connectivity index (χ4n) is 3.22. The van der Waals surface area contributed by atoms with Gasteiger partial charge in [-0.2, -0.15) is 0 Å². The zero-order valence-electron chi connectivity index (χ0n) is 12.1. The van der Waals surface area contributed by atoms with E-state index in [4.69, 9.17) is 0 Å². The van der Waals surface area contributed by atoms with Gasteiger partial charge in [0.15, 0.2) is 0 Å². The Hall–Kier alpha value is -1.39. The molecule has 1 aliphatic carbocycles. The van der Waals surface area contributed by atoms with Gasteiger partial charge in [-0.25, -0.2) is 0 Å². The molecule has 1 amide bonds. The molecule has 0 aromatic heterocycles. The molecule has 1 fully saturated rings. The lowest BCUT2D eigenvalue weighted by Crippen LogP contribution is -2.39. The van der Waals surface area contributed by atoms with Gasteiger partial charge >= 0.3 is 0 Å². The van der Waals surface area contributed by atoms with E-state index in [1.807, 2.05) is 13.1 Å². The lowest BCUT2D eigenvalue weighted by molar-refractivity contribution is -0.117. The van der Waals surface area contributed by atoms with E-state index in [1.165, 1.54) is 24.0 Å². The Morgan fingerprint density at radius 1 is 1.40 bits per heavy atom. The summed E-state index contributed by atoms with van der Waals surface area (Å²) in [5.74, 6) is 0.0809. The number of likely N-dealkylation sites (N-methyl/N-ethyl adjacent to an activating group) is 1. The van der Waals surface area contributed by atoms with Gasteiger partial charge in [0.05, 0.1) is 6.54 Å². The van der Waals surface area contributed by atoms with Gasteiger partial charge in [0.1, 0.15) is 0 Å². The van der Waals surface area contributed by atoms with Crippen molar-refractivity contribution in [2.45, 2.75) is 31.7 Å². The van der Waals surface area contributed by atoms with E-state index in [2.05, 4.69) is 27.7 Å². The number of amides is 1. The van der Waals surface area contributed by atoms with Crippen LogP contribution in [0, 0.1) is 0 Å². The van der Waals surface area contributed by atoms with Crippen LogP contribution in [0.25, 0.3) is 0 Å². The minimum atomic E-state index is 0.0809. The van der Waals surface area contributed by atoms with Crippen molar-refractivity contribution < 1.29 is 4.79 Å². The number of hydrogen-bond acceptors (Lipinski definition) is 3. The van der Waals surface area contributed by atoms with Gasteiger partial charge in [-0.05, 0) is 62.5 Å². The summed E-state index contributed by atoms with van der Waals surface area (Å²) in [5.41, 5.74) is 3.78. The van der Waals surface area contributed by atoms with E-state index >= 15 is 0 Å². The van der Waals surface area contributed by atoms with Crippen molar-refractivity contribution in [3.05, 3.63) is 29.3 Å². The number of nitrogens with zero attached hydrogens (tertiary/aromatic N) is 1. The Balaban J connectivity index is 1.55. The summed E-state index contributed by atoms with van der Waals surface area (Å²) in [4.78, 5) is 14.2.